The van der Waals surface area contributed by atoms with Crippen LogP contribution in [-0.4, -0.2) is 18.1 Å². The maximum atomic E-state index is 14.3. The highest BCUT2D eigenvalue weighted by atomic mass is 32.2. The van der Waals surface area contributed by atoms with E-state index >= 15 is 0 Å². The van der Waals surface area contributed by atoms with E-state index in [1.54, 1.807) is 6.07 Å². The molecule has 2 unspecified atom stereocenters. The molecule has 1 fully saturated rings. The molecule has 3 heteroatoms. The van der Waals surface area contributed by atoms with E-state index < -0.39 is 0 Å². The molecule has 2 rings (SSSR count). The van der Waals surface area contributed by atoms with Crippen LogP contribution in [-0.2, 0) is 0 Å². The summed E-state index contributed by atoms with van der Waals surface area (Å²) < 4.78 is 14.3. The molecule has 0 saturated carbocycles. The molecule has 0 radical (unpaired) electrons. The molecule has 1 aromatic carbocycles. The molecule has 1 aliphatic rings. The van der Waals surface area contributed by atoms with Gasteiger partial charge in [0.25, 0.3) is 0 Å². The first-order chi connectivity index (χ1) is 8.63. The molecule has 0 amide bonds. The fourth-order valence-electron chi connectivity index (χ4n) is 2.87. The lowest BCUT2D eigenvalue weighted by molar-refractivity contribution is 0.486. The minimum atomic E-state index is -0.0574. The van der Waals surface area contributed by atoms with Crippen LogP contribution in [0.2, 0.25) is 0 Å². The number of nitrogens with one attached hydrogen (secondary N) is 1. The van der Waals surface area contributed by atoms with Crippen LogP contribution in [0, 0.1) is 19.7 Å². The summed E-state index contributed by atoms with van der Waals surface area (Å²) in [6.07, 6.45) is 3.75. The predicted molar refractivity (Wildman–Crippen MR) is 77.8 cm³/mol. The first-order valence-corrected chi connectivity index (χ1v) is 7.74. The van der Waals surface area contributed by atoms with Crippen molar-refractivity contribution in [3.8, 4) is 0 Å². The molecule has 1 N–H and O–H groups in total. The van der Waals surface area contributed by atoms with Gasteiger partial charge in [0.15, 0.2) is 0 Å². The third kappa shape index (κ3) is 2.89. The first-order valence-electron chi connectivity index (χ1n) is 6.69. The predicted octanol–water partition coefficient (Wildman–Crippen LogP) is 3.99. The summed E-state index contributed by atoms with van der Waals surface area (Å²) in [5.74, 6) is 1.15. The minimum Gasteiger partial charge on any atom is -0.312 e. The van der Waals surface area contributed by atoms with Crippen molar-refractivity contribution in [3.63, 3.8) is 0 Å². The van der Waals surface area contributed by atoms with Gasteiger partial charge in [-0.05, 0) is 56.7 Å². The third-order valence-corrected chi connectivity index (χ3v) is 5.15. The Labute approximate surface area is 114 Å². The summed E-state index contributed by atoms with van der Waals surface area (Å²) in [5.41, 5.74) is 2.93. The van der Waals surface area contributed by atoms with Gasteiger partial charge in [0.2, 0.25) is 0 Å². The quantitative estimate of drug-likeness (QED) is 0.888. The molecule has 0 aromatic heterocycles. The second kappa shape index (κ2) is 6.07. The Morgan fingerprint density at radius 1 is 1.33 bits per heavy atom. The average molecular weight is 267 g/mol. The monoisotopic (exact) mass is 267 g/mol. The molecule has 2 atom stereocenters. The van der Waals surface area contributed by atoms with Gasteiger partial charge in [0.1, 0.15) is 5.82 Å². The zero-order valence-corrected chi connectivity index (χ0v) is 12.2. The second-order valence-electron chi connectivity index (χ2n) is 5.15. The van der Waals surface area contributed by atoms with Gasteiger partial charge in [-0.15, -0.1) is 0 Å². The highest BCUT2D eigenvalue weighted by Gasteiger charge is 2.27. The number of thioether (sulfide) groups is 1. The number of hydrogen-bond donors (Lipinski definition) is 1. The van der Waals surface area contributed by atoms with Crippen LogP contribution < -0.4 is 5.32 Å². The Kier molecular flexibility index (Phi) is 4.68. The van der Waals surface area contributed by atoms with E-state index in [2.05, 4.69) is 11.4 Å². The van der Waals surface area contributed by atoms with E-state index in [9.17, 15) is 4.39 Å². The Morgan fingerprint density at radius 2 is 2.11 bits per heavy atom. The van der Waals surface area contributed by atoms with Crippen molar-refractivity contribution in [2.24, 2.45) is 0 Å². The summed E-state index contributed by atoms with van der Waals surface area (Å²) in [4.78, 5) is 0. The lowest BCUT2D eigenvalue weighted by Gasteiger charge is -2.31. The van der Waals surface area contributed by atoms with Crippen molar-refractivity contribution >= 4 is 11.8 Å². The highest BCUT2D eigenvalue weighted by Crippen LogP contribution is 2.36. The number of halogens is 1. The summed E-state index contributed by atoms with van der Waals surface area (Å²) in [6, 6.07) is 3.87. The molecule has 18 heavy (non-hydrogen) atoms. The summed E-state index contributed by atoms with van der Waals surface area (Å²) >= 11 is 1.98. The molecular formula is C15H22FNS. The third-order valence-electron chi connectivity index (χ3n) is 3.69. The van der Waals surface area contributed by atoms with Crippen molar-refractivity contribution in [3.05, 3.63) is 34.6 Å². The van der Waals surface area contributed by atoms with E-state index in [-0.39, 0.29) is 11.9 Å². The summed E-state index contributed by atoms with van der Waals surface area (Å²) in [7, 11) is 1.94. The van der Waals surface area contributed by atoms with Gasteiger partial charge >= 0.3 is 0 Å². The molecule has 1 aromatic rings. The Balaban J connectivity index is 2.32. The van der Waals surface area contributed by atoms with Crippen molar-refractivity contribution in [1.29, 1.82) is 0 Å². The maximum Gasteiger partial charge on any atom is 0.128 e. The molecule has 0 spiro atoms. The molecule has 1 saturated heterocycles. The summed E-state index contributed by atoms with van der Waals surface area (Å²) in [6.45, 7) is 3.97. The molecule has 1 nitrogen and oxygen atoms in total. The zero-order chi connectivity index (χ0) is 13.1. The number of aryl methyl sites for hydroxylation is 2. The van der Waals surface area contributed by atoms with Gasteiger partial charge in [-0.25, -0.2) is 4.39 Å². The van der Waals surface area contributed by atoms with Gasteiger partial charge in [0.05, 0.1) is 0 Å². The molecule has 100 valence electrons. The van der Waals surface area contributed by atoms with E-state index in [1.165, 1.54) is 25.0 Å². The van der Waals surface area contributed by atoms with Crippen LogP contribution in [0.25, 0.3) is 0 Å². The Morgan fingerprint density at radius 3 is 2.67 bits per heavy atom. The lowest BCUT2D eigenvalue weighted by Crippen LogP contribution is -2.30. The van der Waals surface area contributed by atoms with Crippen LogP contribution in [0.4, 0.5) is 4.39 Å². The van der Waals surface area contributed by atoms with E-state index in [0.29, 0.717) is 5.25 Å². The van der Waals surface area contributed by atoms with Gasteiger partial charge in [0, 0.05) is 16.9 Å². The Bertz CT molecular complexity index is 390. The number of hydrogen-bond acceptors (Lipinski definition) is 2. The number of benzene rings is 1. The van der Waals surface area contributed by atoms with Gasteiger partial charge < -0.3 is 5.32 Å². The van der Waals surface area contributed by atoms with Crippen LogP contribution >= 0.6 is 11.8 Å². The SMILES string of the molecule is CNC(c1c(C)cc(C)cc1F)C1CCCCS1. The van der Waals surface area contributed by atoms with Crippen LogP contribution in [0.5, 0.6) is 0 Å². The molecule has 0 aliphatic carbocycles. The lowest BCUT2D eigenvalue weighted by atomic mass is 9.94. The van der Waals surface area contributed by atoms with E-state index in [0.717, 1.165) is 16.7 Å². The fourth-order valence-corrected chi connectivity index (χ4v) is 4.34. The standard InChI is InChI=1S/C15H22FNS/c1-10-8-11(2)14(12(16)9-10)15(17-3)13-6-4-5-7-18-13/h8-9,13,15,17H,4-7H2,1-3H3. The van der Waals surface area contributed by atoms with Crippen molar-refractivity contribution in [1.82, 2.24) is 5.32 Å². The van der Waals surface area contributed by atoms with E-state index in [1.807, 2.05) is 32.7 Å². The smallest absolute Gasteiger partial charge is 0.128 e. The van der Waals surface area contributed by atoms with Crippen LogP contribution in [0.1, 0.15) is 42.0 Å². The van der Waals surface area contributed by atoms with Crippen molar-refractivity contribution < 1.29 is 4.39 Å². The van der Waals surface area contributed by atoms with Gasteiger partial charge in [-0.1, -0.05) is 12.5 Å². The topological polar surface area (TPSA) is 12.0 Å². The van der Waals surface area contributed by atoms with Gasteiger partial charge in [-0.2, -0.15) is 11.8 Å². The Hall–Kier alpha value is -0.540. The molecule has 1 aliphatic heterocycles. The fraction of sp³-hybridized carbons (Fsp3) is 0.600. The first kappa shape index (κ1) is 13.9. The van der Waals surface area contributed by atoms with Crippen LogP contribution in [0.15, 0.2) is 12.1 Å². The molecule has 0 bridgehead atoms. The average Bonchev–Trinajstić information content (AvgIpc) is 2.34. The maximum absolute atomic E-state index is 14.3. The number of rotatable bonds is 3. The molecule has 1 heterocycles. The van der Waals surface area contributed by atoms with Crippen LogP contribution in [0.3, 0.4) is 0 Å². The van der Waals surface area contributed by atoms with E-state index in [4.69, 9.17) is 0 Å². The largest absolute Gasteiger partial charge is 0.312 e. The normalized spacial score (nSPS) is 21.9. The van der Waals surface area contributed by atoms with Gasteiger partial charge in [-0.3, -0.25) is 0 Å². The highest BCUT2D eigenvalue weighted by molar-refractivity contribution is 8.00. The minimum absolute atomic E-state index is 0.0574. The second-order valence-corrected chi connectivity index (χ2v) is 6.50. The van der Waals surface area contributed by atoms with Crippen molar-refractivity contribution in [2.75, 3.05) is 12.8 Å². The van der Waals surface area contributed by atoms with Crippen molar-refractivity contribution in [2.45, 2.75) is 44.4 Å². The zero-order valence-electron chi connectivity index (χ0n) is 11.4. The molecular weight excluding hydrogens is 245 g/mol. The summed E-state index contributed by atoms with van der Waals surface area (Å²) in [5, 5.41) is 3.83.